The number of methoxy groups -OCH3 is 1. The Hall–Kier alpha value is -1.51. The number of rotatable bonds is 7. The lowest BCUT2D eigenvalue weighted by molar-refractivity contribution is 0.111. The SMILES string of the molecule is CCC(CC)COc1ccc(OC)cc1C=O. The molecular weight excluding hydrogens is 216 g/mol. The topological polar surface area (TPSA) is 35.5 Å². The maximum absolute atomic E-state index is 10.9. The molecule has 0 unspecified atom stereocenters. The fourth-order valence-corrected chi connectivity index (χ4v) is 1.61. The molecule has 1 aromatic rings. The molecule has 1 rings (SSSR count). The zero-order valence-electron chi connectivity index (χ0n) is 10.7. The largest absolute Gasteiger partial charge is 0.497 e. The maximum Gasteiger partial charge on any atom is 0.153 e. The Morgan fingerprint density at radius 2 is 2.00 bits per heavy atom. The van der Waals surface area contributed by atoms with Crippen molar-refractivity contribution in [3.63, 3.8) is 0 Å². The number of hydrogen-bond acceptors (Lipinski definition) is 3. The summed E-state index contributed by atoms with van der Waals surface area (Å²) in [4.78, 5) is 10.9. The molecule has 0 heterocycles. The van der Waals surface area contributed by atoms with Crippen molar-refractivity contribution >= 4 is 6.29 Å². The van der Waals surface area contributed by atoms with Crippen LogP contribution in [0.1, 0.15) is 37.0 Å². The van der Waals surface area contributed by atoms with Gasteiger partial charge in [-0.1, -0.05) is 26.7 Å². The quantitative estimate of drug-likeness (QED) is 0.681. The lowest BCUT2D eigenvalue weighted by Gasteiger charge is -2.15. The Balaban J connectivity index is 2.73. The van der Waals surface area contributed by atoms with Gasteiger partial charge in [0, 0.05) is 0 Å². The Bertz CT molecular complexity index is 356. The van der Waals surface area contributed by atoms with Crippen molar-refractivity contribution < 1.29 is 14.3 Å². The fraction of sp³-hybridized carbons (Fsp3) is 0.500. The summed E-state index contributed by atoms with van der Waals surface area (Å²) in [5.41, 5.74) is 0.537. The predicted molar refractivity (Wildman–Crippen MR) is 67.9 cm³/mol. The van der Waals surface area contributed by atoms with E-state index >= 15 is 0 Å². The summed E-state index contributed by atoms with van der Waals surface area (Å²) in [6.45, 7) is 4.94. The first-order chi connectivity index (χ1) is 8.24. The van der Waals surface area contributed by atoms with Crippen LogP contribution in [-0.4, -0.2) is 20.0 Å². The number of hydrogen-bond donors (Lipinski definition) is 0. The standard InChI is InChI=1S/C14H20O3/c1-4-11(5-2)10-17-14-7-6-13(16-3)8-12(14)9-15/h6-9,11H,4-5,10H2,1-3H3. The third-order valence-corrected chi connectivity index (χ3v) is 2.97. The molecule has 0 fully saturated rings. The summed E-state index contributed by atoms with van der Waals surface area (Å²) in [5.74, 6) is 1.84. The highest BCUT2D eigenvalue weighted by atomic mass is 16.5. The summed E-state index contributed by atoms with van der Waals surface area (Å²) in [5, 5.41) is 0. The molecule has 94 valence electrons. The van der Waals surface area contributed by atoms with E-state index in [0.29, 0.717) is 29.6 Å². The Kier molecular flexibility index (Phi) is 5.53. The highest BCUT2D eigenvalue weighted by molar-refractivity contribution is 5.80. The Morgan fingerprint density at radius 1 is 1.29 bits per heavy atom. The van der Waals surface area contributed by atoms with Crippen molar-refractivity contribution in [2.75, 3.05) is 13.7 Å². The summed E-state index contributed by atoms with van der Waals surface area (Å²) in [6, 6.07) is 5.27. The molecule has 0 aliphatic carbocycles. The lowest BCUT2D eigenvalue weighted by atomic mass is 10.1. The number of ether oxygens (including phenoxy) is 2. The average molecular weight is 236 g/mol. The number of benzene rings is 1. The van der Waals surface area contributed by atoms with Crippen molar-refractivity contribution in [1.29, 1.82) is 0 Å². The fourth-order valence-electron chi connectivity index (χ4n) is 1.61. The normalized spacial score (nSPS) is 10.4. The van der Waals surface area contributed by atoms with Crippen molar-refractivity contribution in [3.05, 3.63) is 23.8 Å². The minimum Gasteiger partial charge on any atom is -0.497 e. The lowest BCUT2D eigenvalue weighted by Crippen LogP contribution is -2.11. The van der Waals surface area contributed by atoms with Gasteiger partial charge in [0.15, 0.2) is 6.29 Å². The predicted octanol–water partition coefficient (Wildman–Crippen LogP) is 3.32. The van der Waals surface area contributed by atoms with E-state index in [9.17, 15) is 4.79 Å². The van der Waals surface area contributed by atoms with Gasteiger partial charge in [0.25, 0.3) is 0 Å². The molecule has 0 saturated carbocycles. The second-order valence-electron chi connectivity index (χ2n) is 4.02. The van der Waals surface area contributed by atoms with Crippen molar-refractivity contribution in [2.45, 2.75) is 26.7 Å². The van der Waals surface area contributed by atoms with Crippen LogP contribution in [0.2, 0.25) is 0 Å². The van der Waals surface area contributed by atoms with Gasteiger partial charge >= 0.3 is 0 Å². The van der Waals surface area contributed by atoms with E-state index < -0.39 is 0 Å². The van der Waals surface area contributed by atoms with Gasteiger partial charge in [0.05, 0.1) is 19.3 Å². The molecule has 0 radical (unpaired) electrons. The van der Waals surface area contributed by atoms with E-state index in [1.807, 2.05) is 0 Å². The summed E-state index contributed by atoms with van der Waals surface area (Å²) >= 11 is 0. The molecule has 0 aliphatic rings. The molecule has 3 nitrogen and oxygen atoms in total. The molecule has 17 heavy (non-hydrogen) atoms. The molecule has 0 atom stereocenters. The first-order valence-corrected chi connectivity index (χ1v) is 6.01. The van der Waals surface area contributed by atoms with Gasteiger partial charge in [-0.3, -0.25) is 4.79 Å². The highest BCUT2D eigenvalue weighted by Crippen LogP contribution is 2.23. The molecule has 0 aromatic heterocycles. The Morgan fingerprint density at radius 3 is 2.53 bits per heavy atom. The summed E-state index contributed by atoms with van der Waals surface area (Å²) in [7, 11) is 1.58. The third-order valence-electron chi connectivity index (χ3n) is 2.97. The van der Waals surface area contributed by atoms with Crippen LogP contribution in [-0.2, 0) is 0 Å². The van der Waals surface area contributed by atoms with Crippen LogP contribution in [0, 0.1) is 5.92 Å². The van der Waals surface area contributed by atoms with Crippen molar-refractivity contribution in [2.24, 2.45) is 5.92 Å². The molecule has 3 heteroatoms. The molecular formula is C14H20O3. The van der Waals surface area contributed by atoms with Gasteiger partial charge in [0.2, 0.25) is 0 Å². The number of carbonyl (C=O) groups excluding carboxylic acids is 1. The van der Waals surface area contributed by atoms with Gasteiger partial charge in [-0.2, -0.15) is 0 Å². The van der Waals surface area contributed by atoms with E-state index in [1.165, 1.54) is 0 Å². The van der Waals surface area contributed by atoms with Gasteiger partial charge in [-0.25, -0.2) is 0 Å². The van der Waals surface area contributed by atoms with Crippen LogP contribution >= 0.6 is 0 Å². The molecule has 0 spiro atoms. The molecule has 0 N–H and O–H groups in total. The van der Waals surface area contributed by atoms with Crippen LogP contribution in [0.4, 0.5) is 0 Å². The van der Waals surface area contributed by atoms with Gasteiger partial charge in [-0.15, -0.1) is 0 Å². The van der Waals surface area contributed by atoms with Gasteiger partial charge < -0.3 is 9.47 Å². The van der Waals surface area contributed by atoms with Gasteiger partial charge in [0.1, 0.15) is 11.5 Å². The minimum absolute atomic E-state index is 0.537. The third kappa shape index (κ3) is 3.77. The number of aldehydes is 1. The number of carbonyl (C=O) groups is 1. The van der Waals surface area contributed by atoms with E-state index in [1.54, 1.807) is 25.3 Å². The van der Waals surface area contributed by atoms with Crippen molar-refractivity contribution in [1.82, 2.24) is 0 Å². The molecule has 0 amide bonds. The molecule has 0 saturated heterocycles. The molecule has 0 aliphatic heterocycles. The van der Waals surface area contributed by atoms with E-state index in [-0.39, 0.29) is 0 Å². The summed E-state index contributed by atoms with van der Waals surface area (Å²) < 4.78 is 10.7. The zero-order chi connectivity index (χ0) is 12.7. The van der Waals surface area contributed by atoms with Crippen LogP contribution in [0.3, 0.4) is 0 Å². The highest BCUT2D eigenvalue weighted by Gasteiger charge is 2.08. The first kappa shape index (κ1) is 13.6. The summed E-state index contributed by atoms with van der Waals surface area (Å²) in [6.07, 6.45) is 2.97. The maximum atomic E-state index is 10.9. The van der Waals surface area contributed by atoms with Crippen LogP contribution in [0.5, 0.6) is 11.5 Å². The van der Waals surface area contributed by atoms with Crippen molar-refractivity contribution in [3.8, 4) is 11.5 Å². The second kappa shape index (κ2) is 6.94. The zero-order valence-corrected chi connectivity index (χ0v) is 10.7. The minimum atomic E-state index is 0.537. The average Bonchev–Trinajstić information content (AvgIpc) is 2.39. The molecule has 0 bridgehead atoms. The van der Waals surface area contributed by atoms with Crippen LogP contribution in [0.15, 0.2) is 18.2 Å². The first-order valence-electron chi connectivity index (χ1n) is 6.01. The second-order valence-corrected chi connectivity index (χ2v) is 4.02. The van der Waals surface area contributed by atoms with E-state index in [4.69, 9.17) is 9.47 Å². The van der Waals surface area contributed by atoms with Gasteiger partial charge in [-0.05, 0) is 24.1 Å². The smallest absolute Gasteiger partial charge is 0.153 e. The van der Waals surface area contributed by atoms with Crippen LogP contribution in [0.25, 0.3) is 0 Å². The monoisotopic (exact) mass is 236 g/mol. The molecule has 1 aromatic carbocycles. The van der Waals surface area contributed by atoms with E-state index in [0.717, 1.165) is 19.1 Å². The Labute approximate surface area is 103 Å². The van der Waals surface area contributed by atoms with E-state index in [2.05, 4.69) is 13.8 Å². The van der Waals surface area contributed by atoms with Crippen LogP contribution < -0.4 is 9.47 Å².